The third kappa shape index (κ3) is 3.23. The van der Waals surface area contributed by atoms with Crippen LogP contribution in [0.4, 0.5) is 0 Å². The zero-order valence-corrected chi connectivity index (χ0v) is 9.65. The monoisotopic (exact) mass is 218 g/mol. The van der Waals surface area contributed by atoms with Crippen LogP contribution in [-0.2, 0) is 4.79 Å². The van der Waals surface area contributed by atoms with E-state index in [1.165, 1.54) is 0 Å². The van der Waals surface area contributed by atoms with E-state index in [0.717, 1.165) is 24.0 Å². The summed E-state index contributed by atoms with van der Waals surface area (Å²) < 4.78 is 0. The third-order valence-corrected chi connectivity index (χ3v) is 2.72. The van der Waals surface area contributed by atoms with E-state index in [0.29, 0.717) is 6.42 Å². The normalized spacial score (nSPS) is 12.1. The summed E-state index contributed by atoms with van der Waals surface area (Å²) in [4.78, 5) is 11.1. The van der Waals surface area contributed by atoms with Gasteiger partial charge in [0.1, 0.15) is 0 Å². The fourth-order valence-corrected chi connectivity index (χ4v) is 1.71. The smallest absolute Gasteiger partial charge is 0.310 e. The van der Waals surface area contributed by atoms with E-state index in [2.05, 4.69) is 13.5 Å². The average Bonchev–Trinajstić information content (AvgIpc) is 2.30. The van der Waals surface area contributed by atoms with Crippen molar-refractivity contribution < 1.29 is 9.90 Å². The number of rotatable bonds is 6. The standard InChI is InChI=1S/C14H18O2/c1-3-5-6-13(14(15)16)12-9-7-11(4-2)8-10-12/h4,7-10,13H,2-3,5-6H2,1H3,(H,15,16). The molecular formula is C14H18O2. The van der Waals surface area contributed by atoms with Crippen molar-refractivity contribution in [1.82, 2.24) is 0 Å². The quantitative estimate of drug-likeness (QED) is 0.790. The van der Waals surface area contributed by atoms with Gasteiger partial charge < -0.3 is 5.11 Å². The molecule has 0 saturated heterocycles. The lowest BCUT2D eigenvalue weighted by atomic mass is 9.93. The van der Waals surface area contributed by atoms with Crippen LogP contribution in [0, 0.1) is 0 Å². The zero-order valence-electron chi connectivity index (χ0n) is 9.65. The Labute approximate surface area is 96.6 Å². The van der Waals surface area contributed by atoms with Crippen LogP contribution in [0.25, 0.3) is 6.08 Å². The van der Waals surface area contributed by atoms with E-state index in [1.807, 2.05) is 24.3 Å². The van der Waals surface area contributed by atoms with Crippen LogP contribution < -0.4 is 0 Å². The molecule has 86 valence electrons. The van der Waals surface area contributed by atoms with Crippen molar-refractivity contribution in [2.24, 2.45) is 0 Å². The first-order valence-corrected chi connectivity index (χ1v) is 5.64. The van der Waals surface area contributed by atoms with Crippen molar-refractivity contribution in [2.45, 2.75) is 32.1 Å². The van der Waals surface area contributed by atoms with Crippen molar-refractivity contribution in [3.63, 3.8) is 0 Å². The van der Waals surface area contributed by atoms with Crippen LogP contribution in [0.15, 0.2) is 30.8 Å². The molecule has 1 aromatic rings. The molecule has 1 unspecified atom stereocenters. The van der Waals surface area contributed by atoms with Gasteiger partial charge in [0.05, 0.1) is 5.92 Å². The van der Waals surface area contributed by atoms with Gasteiger partial charge in [0.2, 0.25) is 0 Å². The topological polar surface area (TPSA) is 37.3 Å². The summed E-state index contributed by atoms with van der Waals surface area (Å²) in [6.45, 7) is 5.74. The number of unbranched alkanes of at least 4 members (excludes halogenated alkanes) is 1. The van der Waals surface area contributed by atoms with E-state index in [1.54, 1.807) is 6.08 Å². The molecule has 0 amide bonds. The first-order valence-electron chi connectivity index (χ1n) is 5.64. The maximum absolute atomic E-state index is 11.1. The summed E-state index contributed by atoms with van der Waals surface area (Å²) in [6, 6.07) is 7.57. The summed E-state index contributed by atoms with van der Waals surface area (Å²) >= 11 is 0. The summed E-state index contributed by atoms with van der Waals surface area (Å²) in [5.41, 5.74) is 1.90. The van der Waals surface area contributed by atoms with Gasteiger partial charge in [-0.15, -0.1) is 0 Å². The van der Waals surface area contributed by atoms with Crippen LogP contribution in [0.2, 0.25) is 0 Å². The van der Waals surface area contributed by atoms with Gasteiger partial charge in [-0.05, 0) is 17.5 Å². The second-order valence-electron chi connectivity index (χ2n) is 3.90. The number of hydrogen-bond acceptors (Lipinski definition) is 1. The molecule has 0 radical (unpaired) electrons. The van der Waals surface area contributed by atoms with Crippen LogP contribution >= 0.6 is 0 Å². The van der Waals surface area contributed by atoms with E-state index >= 15 is 0 Å². The lowest BCUT2D eigenvalue weighted by Gasteiger charge is -2.12. The molecule has 0 aliphatic heterocycles. The average molecular weight is 218 g/mol. The fourth-order valence-electron chi connectivity index (χ4n) is 1.71. The van der Waals surface area contributed by atoms with E-state index < -0.39 is 5.97 Å². The molecule has 16 heavy (non-hydrogen) atoms. The number of carboxylic acid groups (broad SMARTS) is 1. The van der Waals surface area contributed by atoms with E-state index in [9.17, 15) is 4.79 Å². The molecule has 0 bridgehead atoms. The van der Waals surface area contributed by atoms with E-state index in [-0.39, 0.29) is 5.92 Å². The highest BCUT2D eigenvalue weighted by atomic mass is 16.4. The largest absolute Gasteiger partial charge is 0.481 e. The minimum absolute atomic E-state index is 0.376. The van der Waals surface area contributed by atoms with Gasteiger partial charge in [-0.1, -0.05) is 56.7 Å². The molecule has 0 heterocycles. The minimum atomic E-state index is -0.736. The van der Waals surface area contributed by atoms with Gasteiger partial charge in [-0.2, -0.15) is 0 Å². The molecule has 0 spiro atoms. The molecule has 0 saturated carbocycles. The summed E-state index contributed by atoms with van der Waals surface area (Å²) in [5, 5.41) is 9.16. The van der Waals surface area contributed by atoms with Crippen molar-refractivity contribution in [1.29, 1.82) is 0 Å². The Morgan fingerprint density at radius 1 is 1.44 bits per heavy atom. The van der Waals surface area contributed by atoms with Crippen molar-refractivity contribution >= 4 is 12.0 Å². The van der Waals surface area contributed by atoms with Crippen molar-refractivity contribution in [3.05, 3.63) is 42.0 Å². The van der Waals surface area contributed by atoms with Crippen LogP contribution in [0.1, 0.15) is 43.2 Å². The Kier molecular flexibility index (Phi) is 4.77. The molecule has 1 aromatic carbocycles. The molecule has 2 heteroatoms. The molecular weight excluding hydrogens is 200 g/mol. The Morgan fingerprint density at radius 3 is 2.50 bits per heavy atom. The van der Waals surface area contributed by atoms with Crippen LogP contribution in [-0.4, -0.2) is 11.1 Å². The van der Waals surface area contributed by atoms with Gasteiger partial charge in [0, 0.05) is 0 Å². The maximum atomic E-state index is 11.1. The first-order chi connectivity index (χ1) is 7.69. The highest BCUT2D eigenvalue weighted by Gasteiger charge is 2.18. The molecule has 1 N–H and O–H groups in total. The molecule has 0 aliphatic carbocycles. The predicted octanol–water partition coefficient (Wildman–Crippen LogP) is 3.69. The summed E-state index contributed by atoms with van der Waals surface area (Å²) in [5.74, 6) is -1.11. The number of benzene rings is 1. The SMILES string of the molecule is C=Cc1ccc(C(CCCC)C(=O)O)cc1. The van der Waals surface area contributed by atoms with Crippen LogP contribution in [0.5, 0.6) is 0 Å². The van der Waals surface area contributed by atoms with Crippen molar-refractivity contribution in [2.75, 3.05) is 0 Å². The molecule has 0 aromatic heterocycles. The van der Waals surface area contributed by atoms with Crippen molar-refractivity contribution in [3.8, 4) is 0 Å². The zero-order chi connectivity index (χ0) is 12.0. The van der Waals surface area contributed by atoms with Crippen LogP contribution in [0.3, 0.4) is 0 Å². The summed E-state index contributed by atoms with van der Waals surface area (Å²) in [7, 11) is 0. The molecule has 0 fully saturated rings. The Balaban J connectivity index is 2.83. The number of aliphatic carboxylic acids is 1. The number of carboxylic acids is 1. The molecule has 0 aliphatic rings. The molecule has 2 nitrogen and oxygen atoms in total. The second-order valence-corrected chi connectivity index (χ2v) is 3.90. The fraction of sp³-hybridized carbons (Fsp3) is 0.357. The lowest BCUT2D eigenvalue weighted by Crippen LogP contribution is -2.11. The van der Waals surface area contributed by atoms with Gasteiger partial charge in [-0.3, -0.25) is 4.79 Å². The number of carbonyl (C=O) groups is 1. The Bertz CT molecular complexity index is 352. The number of hydrogen-bond donors (Lipinski definition) is 1. The molecule has 1 rings (SSSR count). The maximum Gasteiger partial charge on any atom is 0.310 e. The van der Waals surface area contributed by atoms with Gasteiger partial charge >= 0.3 is 5.97 Å². The lowest BCUT2D eigenvalue weighted by molar-refractivity contribution is -0.139. The third-order valence-electron chi connectivity index (χ3n) is 2.72. The Hall–Kier alpha value is -1.57. The van der Waals surface area contributed by atoms with Gasteiger partial charge in [-0.25, -0.2) is 0 Å². The van der Waals surface area contributed by atoms with E-state index in [4.69, 9.17) is 5.11 Å². The highest BCUT2D eigenvalue weighted by Crippen LogP contribution is 2.23. The predicted molar refractivity (Wildman–Crippen MR) is 66.4 cm³/mol. The molecule has 1 atom stereocenters. The first kappa shape index (κ1) is 12.5. The minimum Gasteiger partial charge on any atom is -0.481 e. The second kappa shape index (κ2) is 6.11. The Morgan fingerprint density at radius 2 is 2.06 bits per heavy atom. The highest BCUT2D eigenvalue weighted by molar-refractivity contribution is 5.76. The van der Waals surface area contributed by atoms with Gasteiger partial charge in [0.15, 0.2) is 0 Å². The van der Waals surface area contributed by atoms with Gasteiger partial charge in [0.25, 0.3) is 0 Å². The summed E-state index contributed by atoms with van der Waals surface area (Å²) in [6.07, 6.45) is 4.43.